The Labute approximate surface area is 95.0 Å². The molecule has 0 saturated heterocycles. The lowest BCUT2D eigenvalue weighted by Gasteiger charge is -2.13. The average Bonchev–Trinajstić information content (AvgIpc) is 2.09. The van der Waals surface area contributed by atoms with Crippen LogP contribution < -0.4 is 5.32 Å². The van der Waals surface area contributed by atoms with Gasteiger partial charge in [0, 0.05) is 17.6 Å². The number of hydrogen-bond donors (Lipinski definition) is 1. The van der Waals surface area contributed by atoms with Gasteiger partial charge in [-0.3, -0.25) is 0 Å². The maximum absolute atomic E-state index is 3.48. The van der Waals surface area contributed by atoms with Crippen LogP contribution in [0.25, 0.3) is 0 Å². The summed E-state index contributed by atoms with van der Waals surface area (Å²) in [5.74, 6) is 0. The minimum Gasteiger partial charge on any atom is -0.385 e. The molecular weight excluding hydrogens is 238 g/mol. The molecule has 0 heterocycles. The first kappa shape index (κ1) is 11.6. The summed E-state index contributed by atoms with van der Waals surface area (Å²) < 4.78 is 0. The van der Waals surface area contributed by atoms with Crippen LogP contribution in [0.1, 0.15) is 23.1 Å². The lowest BCUT2D eigenvalue weighted by atomic mass is 10.1. The molecule has 0 bridgehead atoms. The molecule has 0 amide bonds. The van der Waals surface area contributed by atoms with E-state index in [0.717, 1.165) is 18.3 Å². The fourth-order valence-electron chi connectivity index (χ4n) is 1.74. The van der Waals surface area contributed by atoms with Crippen molar-refractivity contribution in [1.29, 1.82) is 0 Å². The van der Waals surface area contributed by atoms with Gasteiger partial charge in [-0.05, 0) is 38.3 Å². The second-order valence-corrected chi connectivity index (χ2v) is 4.54. The molecule has 1 nitrogen and oxygen atoms in total. The van der Waals surface area contributed by atoms with Crippen LogP contribution in [0, 0.1) is 20.8 Å². The minimum atomic E-state index is 1.04. The van der Waals surface area contributed by atoms with Crippen molar-refractivity contribution in [1.82, 2.24) is 0 Å². The molecule has 0 aromatic heterocycles. The lowest BCUT2D eigenvalue weighted by Crippen LogP contribution is -2.05. The van der Waals surface area contributed by atoms with Crippen LogP contribution in [0.3, 0.4) is 0 Å². The summed E-state index contributed by atoms with van der Waals surface area (Å²) in [5, 5.41) is 4.54. The van der Waals surface area contributed by atoms with Crippen molar-refractivity contribution >= 4 is 21.6 Å². The Bertz CT molecular complexity index is 284. The zero-order chi connectivity index (χ0) is 10.6. The Morgan fingerprint density at radius 1 is 1.14 bits per heavy atom. The van der Waals surface area contributed by atoms with Gasteiger partial charge in [0.1, 0.15) is 0 Å². The van der Waals surface area contributed by atoms with E-state index in [9.17, 15) is 0 Å². The highest BCUT2D eigenvalue weighted by molar-refractivity contribution is 9.09. The molecule has 78 valence electrons. The van der Waals surface area contributed by atoms with E-state index in [1.807, 2.05) is 0 Å². The summed E-state index contributed by atoms with van der Waals surface area (Å²) in [7, 11) is 0. The van der Waals surface area contributed by atoms with Crippen LogP contribution in [0.2, 0.25) is 0 Å². The third kappa shape index (κ3) is 3.02. The Hall–Kier alpha value is -0.500. The highest BCUT2D eigenvalue weighted by Crippen LogP contribution is 2.21. The molecule has 1 aromatic rings. The maximum Gasteiger partial charge on any atom is 0.0399 e. The van der Waals surface area contributed by atoms with E-state index in [-0.39, 0.29) is 0 Å². The predicted octanol–water partition coefficient (Wildman–Crippen LogP) is 3.81. The van der Waals surface area contributed by atoms with E-state index in [1.165, 1.54) is 22.4 Å². The first-order valence-electron chi connectivity index (χ1n) is 5.03. The number of hydrogen-bond acceptors (Lipinski definition) is 1. The number of alkyl halides is 1. The second kappa shape index (κ2) is 5.40. The van der Waals surface area contributed by atoms with Gasteiger partial charge in [0.25, 0.3) is 0 Å². The fourth-order valence-corrected chi connectivity index (χ4v) is 2.02. The molecule has 1 N–H and O–H groups in total. The van der Waals surface area contributed by atoms with E-state index >= 15 is 0 Å². The second-order valence-electron chi connectivity index (χ2n) is 3.74. The highest BCUT2D eigenvalue weighted by atomic mass is 79.9. The number of halogens is 1. The van der Waals surface area contributed by atoms with E-state index in [2.05, 4.69) is 54.2 Å². The van der Waals surface area contributed by atoms with Crippen molar-refractivity contribution in [2.75, 3.05) is 17.2 Å². The molecule has 1 aromatic carbocycles. The van der Waals surface area contributed by atoms with Gasteiger partial charge < -0.3 is 5.32 Å². The van der Waals surface area contributed by atoms with Crippen molar-refractivity contribution in [3.8, 4) is 0 Å². The van der Waals surface area contributed by atoms with Crippen molar-refractivity contribution in [3.05, 3.63) is 28.8 Å². The first-order valence-corrected chi connectivity index (χ1v) is 6.15. The highest BCUT2D eigenvalue weighted by Gasteiger charge is 2.01. The molecule has 2 heteroatoms. The van der Waals surface area contributed by atoms with E-state index in [0.29, 0.717) is 0 Å². The Kier molecular flexibility index (Phi) is 4.46. The topological polar surface area (TPSA) is 12.0 Å². The summed E-state index contributed by atoms with van der Waals surface area (Å²) in [6.07, 6.45) is 1.16. The molecule has 0 radical (unpaired) electrons. The Morgan fingerprint density at radius 3 is 2.21 bits per heavy atom. The van der Waals surface area contributed by atoms with Crippen molar-refractivity contribution in [2.45, 2.75) is 27.2 Å². The van der Waals surface area contributed by atoms with Gasteiger partial charge in [-0.15, -0.1) is 0 Å². The van der Waals surface area contributed by atoms with Crippen LogP contribution >= 0.6 is 15.9 Å². The largest absolute Gasteiger partial charge is 0.385 e. The molecule has 0 saturated carbocycles. The standard InChI is InChI=1S/C12H18BrN/c1-9-7-10(2)12(11(3)8-9)14-6-4-5-13/h7-8,14H,4-6H2,1-3H3. The number of nitrogens with one attached hydrogen (secondary N) is 1. The zero-order valence-electron chi connectivity index (χ0n) is 9.15. The molecule has 0 atom stereocenters. The van der Waals surface area contributed by atoms with Crippen molar-refractivity contribution in [3.63, 3.8) is 0 Å². The Balaban J connectivity index is 2.75. The average molecular weight is 256 g/mol. The number of rotatable bonds is 4. The van der Waals surface area contributed by atoms with E-state index in [1.54, 1.807) is 0 Å². The van der Waals surface area contributed by atoms with Gasteiger partial charge in [-0.1, -0.05) is 33.6 Å². The summed E-state index contributed by atoms with van der Waals surface area (Å²) in [4.78, 5) is 0. The molecule has 14 heavy (non-hydrogen) atoms. The fraction of sp³-hybridized carbons (Fsp3) is 0.500. The van der Waals surface area contributed by atoms with Gasteiger partial charge in [-0.25, -0.2) is 0 Å². The number of anilines is 1. The SMILES string of the molecule is Cc1cc(C)c(NCCCBr)c(C)c1. The third-order valence-electron chi connectivity index (χ3n) is 2.29. The monoisotopic (exact) mass is 255 g/mol. The maximum atomic E-state index is 3.48. The summed E-state index contributed by atoms with van der Waals surface area (Å²) in [6.45, 7) is 7.51. The zero-order valence-corrected chi connectivity index (χ0v) is 10.7. The van der Waals surface area contributed by atoms with Gasteiger partial charge in [0.15, 0.2) is 0 Å². The molecule has 0 fully saturated rings. The van der Waals surface area contributed by atoms with Crippen LogP contribution in [0.15, 0.2) is 12.1 Å². The summed E-state index contributed by atoms with van der Waals surface area (Å²) in [6, 6.07) is 4.45. The van der Waals surface area contributed by atoms with Gasteiger partial charge in [0.2, 0.25) is 0 Å². The summed E-state index contributed by atoms with van der Waals surface area (Å²) >= 11 is 3.43. The predicted molar refractivity (Wildman–Crippen MR) is 67.6 cm³/mol. The normalized spacial score (nSPS) is 10.3. The third-order valence-corrected chi connectivity index (χ3v) is 2.85. The van der Waals surface area contributed by atoms with Crippen LogP contribution in [-0.2, 0) is 0 Å². The van der Waals surface area contributed by atoms with Crippen LogP contribution in [0.4, 0.5) is 5.69 Å². The smallest absolute Gasteiger partial charge is 0.0399 e. The molecule has 0 unspecified atom stereocenters. The first-order chi connectivity index (χ1) is 6.65. The minimum absolute atomic E-state index is 1.04. The quantitative estimate of drug-likeness (QED) is 0.638. The summed E-state index contributed by atoms with van der Waals surface area (Å²) in [5.41, 5.74) is 5.33. The van der Waals surface area contributed by atoms with E-state index < -0.39 is 0 Å². The molecular formula is C12H18BrN. The van der Waals surface area contributed by atoms with E-state index in [4.69, 9.17) is 0 Å². The van der Waals surface area contributed by atoms with Gasteiger partial charge in [-0.2, -0.15) is 0 Å². The number of benzene rings is 1. The molecule has 0 aliphatic carbocycles. The van der Waals surface area contributed by atoms with Crippen molar-refractivity contribution < 1.29 is 0 Å². The lowest BCUT2D eigenvalue weighted by molar-refractivity contribution is 0.993. The van der Waals surface area contributed by atoms with Crippen LogP contribution in [-0.4, -0.2) is 11.9 Å². The molecule has 0 spiro atoms. The van der Waals surface area contributed by atoms with Crippen LogP contribution in [0.5, 0.6) is 0 Å². The Morgan fingerprint density at radius 2 is 1.71 bits per heavy atom. The number of aryl methyl sites for hydroxylation is 3. The molecule has 1 rings (SSSR count). The van der Waals surface area contributed by atoms with Crippen molar-refractivity contribution in [2.24, 2.45) is 0 Å². The molecule has 0 aliphatic heterocycles. The van der Waals surface area contributed by atoms with Gasteiger partial charge >= 0.3 is 0 Å². The molecule has 0 aliphatic rings. The van der Waals surface area contributed by atoms with Gasteiger partial charge in [0.05, 0.1) is 0 Å².